The lowest BCUT2D eigenvalue weighted by atomic mass is 10.2. The second kappa shape index (κ2) is 11.3. The zero-order chi connectivity index (χ0) is 21.1. The minimum absolute atomic E-state index is 0.0876. The van der Waals surface area contributed by atoms with Crippen LogP contribution in [0.3, 0.4) is 0 Å². The summed E-state index contributed by atoms with van der Waals surface area (Å²) in [5.41, 5.74) is 1.68. The van der Waals surface area contributed by atoms with Crippen molar-refractivity contribution in [3.05, 3.63) is 54.1 Å². The number of carbonyl (C=O) groups is 3. The molecule has 8 nitrogen and oxygen atoms in total. The van der Waals surface area contributed by atoms with Crippen molar-refractivity contribution in [1.82, 2.24) is 10.6 Å². The second-order valence-electron chi connectivity index (χ2n) is 6.05. The highest BCUT2D eigenvalue weighted by Crippen LogP contribution is 2.23. The zero-order valence-electron chi connectivity index (χ0n) is 16.6. The molecule has 2 rings (SSSR count). The number of nitrogens with one attached hydrogen (secondary N) is 4. The van der Waals surface area contributed by atoms with E-state index >= 15 is 0 Å². The predicted octanol–water partition coefficient (Wildman–Crippen LogP) is 2.99. The number of amides is 4. The Morgan fingerprint density at radius 2 is 1.55 bits per heavy atom. The van der Waals surface area contributed by atoms with Gasteiger partial charge in [-0.25, -0.2) is 4.79 Å². The molecule has 8 heteroatoms. The van der Waals surface area contributed by atoms with Crippen LogP contribution in [-0.4, -0.2) is 37.5 Å². The third-order valence-corrected chi connectivity index (χ3v) is 3.88. The fraction of sp³-hybridized carbons (Fsp3) is 0.286. The largest absolute Gasteiger partial charge is 0.492 e. The molecule has 0 unspecified atom stereocenters. The second-order valence-corrected chi connectivity index (χ2v) is 6.05. The number of benzene rings is 2. The molecule has 4 N–H and O–H groups in total. The van der Waals surface area contributed by atoms with E-state index in [4.69, 9.17) is 4.74 Å². The van der Waals surface area contributed by atoms with Crippen LogP contribution in [0.25, 0.3) is 0 Å². The maximum absolute atomic E-state index is 12.1. The lowest BCUT2D eigenvalue weighted by Crippen LogP contribution is -2.36. The van der Waals surface area contributed by atoms with Gasteiger partial charge in [0.05, 0.1) is 12.3 Å². The van der Waals surface area contributed by atoms with Gasteiger partial charge in [0, 0.05) is 30.8 Å². The van der Waals surface area contributed by atoms with E-state index in [2.05, 4.69) is 21.3 Å². The molecule has 29 heavy (non-hydrogen) atoms. The fourth-order valence-corrected chi connectivity index (χ4v) is 2.43. The molecule has 0 aliphatic heterocycles. The van der Waals surface area contributed by atoms with Crippen molar-refractivity contribution in [2.24, 2.45) is 0 Å². The number of anilines is 2. The highest BCUT2D eigenvalue weighted by molar-refractivity contribution is 5.96. The van der Waals surface area contributed by atoms with Crippen molar-refractivity contribution in [2.75, 3.05) is 30.3 Å². The Morgan fingerprint density at radius 1 is 0.862 bits per heavy atom. The normalized spacial score (nSPS) is 10.0. The van der Waals surface area contributed by atoms with E-state index < -0.39 is 0 Å². The Kier molecular flexibility index (Phi) is 8.50. The van der Waals surface area contributed by atoms with Gasteiger partial charge in [0.1, 0.15) is 5.75 Å². The van der Waals surface area contributed by atoms with Crippen molar-refractivity contribution < 1.29 is 19.1 Å². The summed E-state index contributed by atoms with van der Waals surface area (Å²) < 4.78 is 5.46. The van der Waals surface area contributed by atoms with Gasteiger partial charge in [0.2, 0.25) is 5.91 Å². The van der Waals surface area contributed by atoms with E-state index in [1.165, 1.54) is 0 Å². The summed E-state index contributed by atoms with van der Waals surface area (Å²) >= 11 is 0. The molecule has 4 amide bonds. The Balaban J connectivity index is 1.73. The quantitative estimate of drug-likeness (QED) is 0.487. The van der Waals surface area contributed by atoms with Crippen LogP contribution in [0.15, 0.2) is 48.5 Å². The van der Waals surface area contributed by atoms with Gasteiger partial charge in [-0.1, -0.05) is 19.1 Å². The summed E-state index contributed by atoms with van der Waals surface area (Å²) in [5, 5.41) is 10.8. The molecule has 0 atom stereocenters. The molecule has 154 valence electrons. The topological polar surface area (TPSA) is 109 Å². The number of para-hydroxylation sites is 2. The minimum Gasteiger partial charge on any atom is -0.492 e. The first-order chi connectivity index (χ1) is 14.0. The molecular formula is C21H26N4O4. The molecule has 0 saturated heterocycles. The molecule has 0 aliphatic rings. The Labute approximate surface area is 170 Å². The average molecular weight is 398 g/mol. The highest BCUT2D eigenvalue weighted by atomic mass is 16.5. The molecular weight excluding hydrogens is 372 g/mol. The number of urea groups is 1. The molecule has 0 spiro atoms. The number of hydrogen-bond donors (Lipinski definition) is 4. The van der Waals surface area contributed by atoms with Gasteiger partial charge in [-0.05, 0) is 43.3 Å². The van der Waals surface area contributed by atoms with Crippen molar-refractivity contribution in [3.8, 4) is 5.75 Å². The van der Waals surface area contributed by atoms with Gasteiger partial charge < -0.3 is 26.0 Å². The van der Waals surface area contributed by atoms with Crippen molar-refractivity contribution in [1.29, 1.82) is 0 Å². The molecule has 0 aromatic heterocycles. The number of ether oxygens (including phenoxy) is 1. The molecule has 0 aliphatic carbocycles. The summed E-state index contributed by atoms with van der Waals surface area (Å²) in [6.45, 7) is 4.67. The summed E-state index contributed by atoms with van der Waals surface area (Å²) in [5.74, 6) is 0.245. The van der Waals surface area contributed by atoms with E-state index in [9.17, 15) is 14.4 Å². The molecule has 0 heterocycles. The molecule has 0 radical (unpaired) electrons. The number of rotatable bonds is 9. The maximum Gasteiger partial charge on any atom is 0.319 e. The third-order valence-electron chi connectivity index (χ3n) is 3.88. The standard InChI is InChI=1S/C21H26N4O4/c1-3-19(26)24-16-11-9-15(10-12-16)20(27)22-13-14-23-21(28)25-17-7-5-6-8-18(17)29-4-2/h5-12H,3-4,13-14H2,1-2H3,(H,22,27)(H,24,26)(H2,23,25,28). The van der Waals surface area contributed by atoms with Gasteiger partial charge in [0.15, 0.2) is 0 Å². The van der Waals surface area contributed by atoms with Crippen LogP contribution in [0, 0.1) is 0 Å². The van der Waals surface area contributed by atoms with Crippen LogP contribution in [0.1, 0.15) is 30.6 Å². The number of hydrogen-bond acceptors (Lipinski definition) is 4. The lowest BCUT2D eigenvalue weighted by molar-refractivity contribution is -0.115. The van der Waals surface area contributed by atoms with Gasteiger partial charge in [-0.15, -0.1) is 0 Å². The number of carbonyl (C=O) groups excluding carboxylic acids is 3. The first kappa shape index (κ1) is 21.7. The van der Waals surface area contributed by atoms with Crippen molar-refractivity contribution in [3.63, 3.8) is 0 Å². The Hall–Kier alpha value is -3.55. The SMILES string of the molecule is CCOc1ccccc1NC(=O)NCCNC(=O)c1ccc(NC(=O)CC)cc1. The first-order valence-electron chi connectivity index (χ1n) is 9.48. The highest BCUT2D eigenvalue weighted by Gasteiger charge is 2.08. The van der Waals surface area contributed by atoms with Crippen molar-refractivity contribution in [2.45, 2.75) is 20.3 Å². The van der Waals surface area contributed by atoms with Gasteiger partial charge in [0.25, 0.3) is 5.91 Å². The summed E-state index contributed by atoms with van der Waals surface area (Å²) in [6.07, 6.45) is 0.389. The van der Waals surface area contributed by atoms with Crippen LogP contribution in [0.5, 0.6) is 5.75 Å². The van der Waals surface area contributed by atoms with Crippen LogP contribution in [-0.2, 0) is 4.79 Å². The van der Waals surface area contributed by atoms with Crippen LogP contribution in [0.2, 0.25) is 0 Å². The molecule has 0 fully saturated rings. The Morgan fingerprint density at radius 3 is 2.24 bits per heavy atom. The molecule has 2 aromatic rings. The molecule has 0 bridgehead atoms. The van der Waals surface area contributed by atoms with Crippen LogP contribution < -0.4 is 26.0 Å². The Bertz CT molecular complexity index is 837. The summed E-state index contributed by atoms with van der Waals surface area (Å²) in [4.78, 5) is 35.5. The first-order valence-corrected chi connectivity index (χ1v) is 9.48. The van der Waals surface area contributed by atoms with E-state index in [1.54, 1.807) is 49.4 Å². The van der Waals surface area contributed by atoms with Gasteiger partial charge in [-0.2, -0.15) is 0 Å². The average Bonchev–Trinajstić information content (AvgIpc) is 2.73. The van der Waals surface area contributed by atoms with E-state index in [1.807, 2.05) is 13.0 Å². The monoisotopic (exact) mass is 398 g/mol. The lowest BCUT2D eigenvalue weighted by Gasteiger charge is -2.12. The van der Waals surface area contributed by atoms with E-state index in [-0.39, 0.29) is 30.9 Å². The van der Waals surface area contributed by atoms with Gasteiger partial charge in [-0.3, -0.25) is 9.59 Å². The summed E-state index contributed by atoms with van der Waals surface area (Å²) in [6, 6.07) is 13.4. The maximum atomic E-state index is 12.1. The molecule has 0 saturated carbocycles. The molecule has 2 aromatic carbocycles. The van der Waals surface area contributed by atoms with Crippen molar-refractivity contribution >= 4 is 29.2 Å². The third kappa shape index (κ3) is 7.17. The minimum atomic E-state index is -0.387. The van der Waals surface area contributed by atoms with E-state index in [0.717, 1.165) is 0 Å². The zero-order valence-corrected chi connectivity index (χ0v) is 16.6. The smallest absolute Gasteiger partial charge is 0.319 e. The predicted molar refractivity (Wildman–Crippen MR) is 112 cm³/mol. The van der Waals surface area contributed by atoms with E-state index in [0.29, 0.717) is 35.7 Å². The summed E-state index contributed by atoms with van der Waals surface area (Å²) in [7, 11) is 0. The van der Waals surface area contributed by atoms with Gasteiger partial charge >= 0.3 is 6.03 Å². The van der Waals surface area contributed by atoms with Crippen LogP contribution in [0.4, 0.5) is 16.2 Å². The van der Waals surface area contributed by atoms with Crippen LogP contribution >= 0.6 is 0 Å². The fourth-order valence-electron chi connectivity index (χ4n) is 2.43.